The Labute approximate surface area is 91.5 Å². The number of carboxylic acids is 1. The fourth-order valence-corrected chi connectivity index (χ4v) is 1.33. The van der Waals surface area contributed by atoms with Gasteiger partial charge in [0.1, 0.15) is 5.92 Å². The van der Waals surface area contributed by atoms with E-state index in [4.69, 9.17) is 5.11 Å². The summed E-state index contributed by atoms with van der Waals surface area (Å²) in [6, 6.07) is 9.18. The molecule has 16 heavy (non-hydrogen) atoms. The number of rotatable bonds is 3. The van der Waals surface area contributed by atoms with E-state index in [1.807, 2.05) is 30.3 Å². The first-order valence-corrected chi connectivity index (χ1v) is 4.76. The number of benzene rings is 1. The number of nitrogens with zero attached hydrogens (tertiary/aromatic N) is 4. The molecule has 82 valence electrons. The fourth-order valence-electron chi connectivity index (χ4n) is 1.33. The molecule has 0 saturated carbocycles. The zero-order valence-electron chi connectivity index (χ0n) is 8.61. The van der Waals surface area contributed by atoms with E-state index in [2.05, 4.69) is 15.5 Å². The highest BCUT2D eigenvalue weighted by Gasteiger charge is 2.21. The summed E-state index contributed by atoms with van der Waals surface area (Å²) in [6.07, 6.45) is 0. The second kappa shape index (κ2) is 4.09. The summed E-state index contributed by atoms with van der Waals surface area (Å²) >= 11 is 0. The highest BCUT2D eigenvalue weighted by Crippen LogP contribution is 2.15. The van der Waals surface area contributed by atoms with E-state index < -0.39 is 11.9 Å². The molecule has 6 heteroatoms. The number of para-hydroxylation sites is 1. The largest absolute Gasteiger partial charge is 0.481 e. The van der Waals surface area contributed by atoms with Gasteiger partial charge in [-0.3, -0.25) is 4.79 Å². The molecule has 0 aliphatic rings. The minimum Gasteiger partial charge on any atom is -0.481 e. The minimum absolute atomic E-state index is 0.318. The van der Waals surface area contributed by atoms with E-state index in [0.29, 0.717) is 5.82 Å². The Balaban J connectivity index is 2.44. The van der Waals surface area contributed by atoms with Crippen LogP contribution in [0.5, 0.6) is 0 Å². The van der Waals surface area contributed by atoms with Crippen molar-refractivity contribution in [2.75, 3.05) is 0 Å². The molecule has 0 fully saturated rings. The molecule has 1 atom stereocenters. The van der Waals surface area contributed by atoms with Crippen molar-refractivity contribution in [1.29, 1.82) is 0 Å². The summed E-state index contributed by atoms with van der Waals surface area (Å²) in [5.41, 5.74) is 0.746. The van der Waals surface area contributed by atoms with Crippen LogP contribution in [0.3, 0.4) is 0 Å². The predicted octanol–water partition coefficient (Wildman–Crippen LogP) is 0.850. The third-order valence-electron chi connectivity index (χ3n) is 2.25. The molecule has 6 nitrogen and oxygen atoms in total. The van der Waals surface area contributed by atoms with Gasteiger partial charge in [0.25, 0.3) is 0 Å². The Morgan fingerprint density at radius 2 is 2.06 bits per heavy atom. The summed E-state index contributed by atoms with van der Waals surface area (Å²) in [5.74, 6) is -1.37. The number of aromatic nitrogens is 4. The number of hydrogen-bond acceptors (Lipinski definition) is 4. The number of carbonyl (C=O) groups is 1. The second-order valence-corrected chi connectivity index (χ2v) is 3.34. The lowest BCUT2D eigenvalue weighted by Crippen LogP contribution is -2.14. The van der Waals surface area contributed by atoms with Crippen molar-refractivity contribution in [3.8, 4) is 5.69 Å². The fraction of sp³-hybridized carbons (Fsp3) is 0.200. The van der Waals surface area contributed by atoms with Crippen LogP contribution < -0.4 is 0 Å². The molecule has 0 saturated heterocycles. The molecule has 1 unspecified atom stereocenters. The molecule has 0 aliphatic heterocycles. The first kappa shape index (κ1) is 10.3. The van der Waals surface area contributed by atoms with Gasteiger partial charge in [0.2, 0.25) is 0 Å². The molecule has 0 aliphatic carbocycles. The third-order valence-corrected chi connectivity index (χ3v) is 2.25. The smallest absolute Gasteiger partial charge is 0.314 e. The van der Waals surface area contributed by atoms with Gasteiger partial charge in [-0.1, -0.05) is 18.2 Å². The molecule has 1 aromatic carbocycles. The maximum Gasteiger partial charge on any atom is 0.314 e. The average Bonchev–Trinajstić information content (AvgIpc) is 2.77. The summed E-state index contributed by atoms with van der Waals surface area (Å²) in [6.45, 7) is 1.55. The highest BCUT2D eigenvalue weighted by atomic mass is 16.4. The van der Waals surface area contributed by atoms with Gasteiger partial charge in [0.15, 0.2) is 5.82 Å². The van der Waals surface area contributed by atoms with E-state index in [1.54, 1.807) is 6.92 Å². The van der Waals surface area contributed by atoms with Crippen molar-refractivity contribution in [2.45, 2.75) is 12.8 Å². The minimum atomic E-state index is -0.952. The van der Waals surface area contributed by atoms with Crippen LogP contribution >= 0.6 is 0 Å². The van der Waals surface area contributed by atoms with Gasteiger partial charge >= 0.3 is 5.97 Å². The Morgan fingerprint density at radius 1 is 1.38 bits per heavy atom. The van der Waals surface area contributed by atoms with Crippen LogP contribution in [0.4, 0.5) is 0 Å². The van der Waals surface area contributed by atoms with E-state index in [-0.39, 0.29) is 0 Å². The molecule has 0 amide bonds. The van der Waals surface area contributed by atoms with E-state index in [0.717, 1.165) is 5.69 Å². The lowest BCUT2D eigenvalue weighted by Gasteiger charge is -2.06. The topological polar surface area (TPSA) is 80.9 Å². The van der Waals surface area contributed by atoms with Crippen molar-refractivity contribution < 1.29 is 9.90 Å². The Kier molecular flexibility index (Phi) is 2.63. The monoisotopic (exact) mass is 218 g/mol. The Hall–Kier alpha value is -2.24. The van der Waals surface area contributed by atoms with Crippen LogP contribution in [-0.2, 0) is 4.79 Å². The van der Waals surface area contributed by atoms with Gasteiger partial charge in [-0.2, -0.15) is 4.68 Å². The van der Waals surface area contributed by atoms with Gasteiger partial charge in [-0.15, -0.1) is 5.10 Å². The zero-order chi connectivity index (χ0) is 11.5. The standard InChI is InChI=1S/C10H10N4O2/c1-7(10(15)16)9-11-12-13-14(9)8-5-3-2-4-6-8/h2-7H,1H3,(H,15,16). The predicted molar refractivity (Wildman–Crippen MR) is 55.2 cm³/mol. The quantitative estimate of drug-likeness (QED) is 0.825. The summed E-state index contributed by atoms with van der Waals surface area (Å²) in [4.78, 5) is 10.9. The van der Waals surface area contributed by atoms with E-state index in [9.17, 15) is 4.79 Å². The lowest BCUT2D eigenvalue weighted by atomic mass is 10.1. The van der Waals surface area contributed by atoms with Crippen molar-refractivity contribution in [3.05, 3.63) is 36.2 Å². The molecule has 1 N–H and O–H groups in total. The number of hydrogen-bond donors (Lipinski definition) is 1. The lowest BCUT2D eigenvalue weighted by molar-refractivity contribution is -0.138. The van der Waals surface area contributed by atoms with Crippen molar-refractivity contribution in [1.82, 2.24) is 20.2 Å². The molecule has 1 heterocycles. The first-order chi connectivity index (χ1) is 7.70. The molecule has 0 radical (unpaired) electrons. The maximum atomic E-state index is 10.9. The van der Waals surface area contributed by atoms with Crippen molar-refractivity contribution in [3.63, 3.8) is 0 Å². The first-order valence-electron chi connectivity index (χ1n) is 4.76. The van der Waals surface area contributed by atoms with E-state index in [1.165, 1.54) is 4.68 Å². The molecule has 1 aromatic heterocycles. The van der Waals surface area contributed by atoms with Crippen LogP contribution in [0.15, 0.2) is 30.3 Å². The van der Waals surface area contributed by atoms with Crippen molar-refractivity contribution in [2.24, 2.45) is 0 Å². The van der Waals surface area contributed by atoms with Gasteiger partial charge in [-0.05, 0) is 29.5 Å². The van der Waals surface area contributed by atoms with Crippen LogP contribution in [-0.4, -0.2) is 31.3 Å². The second-order valence-electron chi connectivity index (χ2n) is 3.34. The van der Waals surface area contributed by atoms with Gasteiger partial charge in [0.05, 0.1) is 5.69 Å². The van der Waals surface area contributed by atoms with Crippen molar-refractivity contribution >= 4 is 5.97 Å². The van der Waals surface area contributed by atoms with Gasteiger partial charge in [-0.25, -0.2) is 0 Å². The summed E-state index contributed by atoms with van der Waals surface area (Å²) in [7, 11) is 0. The Bertz CT molecular complexity index is 495. The number of tetrazole rings is 1. The highest BCUT2D eigenvalue weighted by molar-refractivity contribution is 5.74. The molecule has 2 aromatic rings. The Morgan fingerprint density at radius 3 is 2.69 bits per heavy atom. The summed E-state index contributed by atoms with van der Waals surface area (Å²) in [5, 5.41) is 19.9. The zero-order valence-corrected chi connectivity index (χ0v) is 8.61. The molecule has 0 spiro atoms. The van der Waals surface area contributed by atoms with Crippen LogP contribution in [0.25, 0.3) is 5.69 Å². The SMILES string of the molecule is CC(C(=O)O)c1nnnn1-c1ccccc1. The van der Waals surface area contributed by atoms with Crippen LogP contribution in [0.2, 0.25) is 0 Å². The summed E-state index contributed by atoms with van der Waals surface area (Å²) < 4.78 is 1.43. The molecule has 0 bridgehead atoms. The molecular formula is C10H10N4O2. The van der Waals surface area contributed by atoms with Crippen LogP contribution in [0, 0.1) is 0 Å². The van der Waals surface area contributed by atoms with Crippen LogP contribution in [0.1, 0.15) is 18.7 Å². The van der Waals surface area contributed by atoms with E-state index >= 15 is 0 Å². The average molecular weight is 218 g/mol. The van der Waals surface area contributed by atoms with Gasteiger partial charge < -0.3 is 5.11 Å². The maximum absolute atomic E-state index is 10.9. The molecular weight excluding hydrogens is 208 g/mol. The number of aliphatic carboxylic acids is 1. The molecule has 2 rings (SSSR count). The third kappa shape index (κ3) is 1.77. The van der Waals surface area contributed by atoms with Gasteiger partial charge in [0, 0.05) is 0 Å². The normalized spacial score (nSPS) is 12.3. The number of carboxylic acid groups (broad SMARTS) is 1.